The molecule has 1 saturated heterocycles. The standard InChI is InChI=1S/C23H27N3O3S/c1-2-25(17-18-7-4-3-5-8-18)21-20(19-9-6-16-30-19)22(27)26(23(21)28)11-10-24-12-14-29-15-13-24/h3-9,16H,2,10-15,17H2,1H3. The van der Waals surface area contributed by atoms with Crippen LogP contribution in [-0.4, -0.2) is 72.5 Å². The molecule has 0 unspecified atom stereocenters. The molecule has 30 heavy (non-hydrogen) atoms. The zero-order valence-corrected chi connectivity index (χ0v) is 18.1. The van der Waals surface area contributed by atoms with E-state index >= 15 is 0 Å². The van der Waals surface area contributed by atoms with Crippen molar-refractivity contribution in [2.24, 2.45) is 0 Å². The third-order valence-electron chi connectivity index (χ3n) is 5.57. The van der Waals surface area contributed by atoms with Crippen LogP contribution >= 0.6 is 11.3 Å². The number of amides is 2. The molecule has 0 saturated carbocycles. The monoisotopic (exact) mass is 425 g/mol. The fraction of sp³-hybridized carbons (Fsp3) is 0.391. The Bertz CT molecular complexity index is 905. The average Bonchev–Trinajstić information content (AvgIpc) is 3.39. The van der Waals surface area contributed by atoms with Gasteiger partial charge in [-0.2, -0.15) is 0 Å². The molecule has 0 bridgehead atoms. The molecule has 0 radical (unpaired) electrons. The Labute approximate surface area is 181 Å². The molecule has 0 spiro atoms. The lowest BCUT2D eigenvalue weighted by Gasteiger charge is -2.28. The van der Waals surface area contributed by atoms with Crippen LogP contribution in [0.3, 0.4) is 0 Å². The van der Waals surface area contributed by atoms with E-state index in [0.717, 1.165) is 23.5 Å². The Morgan fingerprint density at radius 3 is 2.43 bits per heavy atom. The molecule has 158 valence electrons. The second-order valence-electron chi connectivity index (χ2n) is 7.42. The van der Waals surface area contributed by atoms with Crippen molar-refractivity contribution in [2.75, 3.05) is 45.9 Å². The van der Waals surface area contributed by atoms with Gasteiger partial charge >= 0.3 is 0 Å². The van der Waals surface area contributed by atoms with Gasteiger partial charge < -0.3 is 9.64 Å². The van der Waals surface area contributed by atoms with Crippen molar-refractivity contribution in [3.05, 3.63) is 64.0 Å². The van der Waals surface area contributed by atoms with Crippen LogP contribution in [0.25, 0.3) is 5.57 Å². The normalized spacial score (nSPS) is 17.8. The number of thiophene rings is 1. The van der Waals surface area contributed by atoms with Crippen LogP contribution in [0.1, 0.15) is 17.4 Å². The van der Waals surface area contributed by atoms with E-state index in [1.165, 1.54) is 16.2 Å². The summed E-state index contributed by atoms with van der Waals surface area (Å²) >= 11 is 1.50. The molecule has 6 nitrogen and oxygen atoms in total. The van der Waals surface area contributed by atoms with Gasteiger partial charge in [-0.25, -0.2) is 0 Å². The zero-order chi connectivity index (χ0) is 20.9. The van der Waals surface area contributed by atoms with Crippen LogP contribution in [0, 0.1) is 0 Å². The Balaban J connectivity index is 1.60. The first-order valence-corrected chi connectivity index (χ1v) is 11.3. The highest BCUT2D eigenvalue weighted by molar-refractivity contribution is 7.11. The maximum Gasteiger partial charge on any atom is 0.277 e. The van der Waals surface area contributed by atoms with Gasteiger partial charge in [0.1, 0.15) is 5.70 Å². The van der Waals surface area contributed by atoms with Gasteiger partial charge in [0.25, 0.3) is 11.8 Å². The number of ether oxygens (including phenoxy) is 1. The van der Waals surface area contributed by atoms with Gasteiger partial charge in [0.2, 0.25) is 0 Å². The fourth-order valence-corrected chi connectivity index (χ4v) is 4.68. The van der Waals surface area contributed by atoms with Crippen molar-refractivity contribution in [1.82, 2.24) is 14.7 Å². The number of nitrogens with zero attached hydrogens (tertiary/aromatic N) is 3. The van der Waals surface area contributed by atoms with Gasteiger partial charge in [-0.1, -0.05) is 36.4 Å². The van der Waals surface area contributed by atoms with Crippen molar-refractivity contribution < 1.29 is 14.3 Å². The molecule has 1 aromatic heterocycles. The van der Waals surface area contributed by atoms with Crippen LogP contribution in [0.5, 0.6) is 0 Å². The lowest BCUT2D eigenvalue weighted by Crippen LogP contribution is -2.44. The summed E-state index contributed by atoms with van der Waals surface area (Å²) in [4.78, 5) is 33.4. The van der Waals surface area contributed by atoms with E-state index in [0.29, 0.717) is 50.7 Å². The Morgan fingerprint density at radius 2 is 1.77 bits per heavy atom. The number of likely N-dealkylation sites (N-methyl/N-ethyl adjacent to an activating group) is 1. The molecule has 0 atom stereocenters. The second-order valence-corrected chi connectivity index (χ2v) is 8.36. The lowest BCUT2D eigenvalue weighted by molar-refractivity contribution is -0.138. The van der Waals surface area contributed by atoms with E-state index in [9.17, 15) is 9.59 Å². The molecule has 4 rings (SSSR count). The quantitative estimate of drug-likeness (QED) is 0.609. The van der Waals surface area contributed by atoms with E-state index in [-0.39, 0.29) is 11.8 Å². The molecule has 2 aliphatic heterocycles. The third kappa shape index (κ3) is 4.33. The first kappa shape index (κ1) is 20.8. The number of rotatable bonds is 8. The lowest BCUT2D eigenvalue weighted by atomic mass is 10.1. The van der Waals surface area contributed by atoms with E-state index in [4.69, 9.17) is 4.74 Å². The molecule has 1 aromatic carbocycles. The first-order valence-electron chi connectivity index (χ1n) is 10.4. The molecule has 0 aliphatic carbocycles. The van der Waals surface area contributed by atoms with Crippen molar-refractivity contribution in [3.8, 4) is 0 Å². The van der Waals surface area contributed by atoms with Gasteiger partial charge in [-0.15, -0.1) is 11.3 Å². The zero-order valence-electron chi connectivity index (χ0n) is 17.3. The van der Waals surface area contributed by atoms with Gasteiger partial charge in [-0.05, 0) is 23.9 Å². The van der Waals surface area contributed by atoms with Gasteiger partial charge in [0, 0.05) is 44.1 Å². The maximum absolute atomic E-state index is 13.5. The van der Waals surface area contributed by atoms with E-state index in [2.05, 4.69) is 4.90 Å². The minimum absolute atomic E-state index is 0.183. The van der Waals surface area contributed by atoms with E-state index in [1.807, 2.05) is 59.7 Å². The molecule has 1 fully saturated rings. The summed E-state index contributed by atoms with van der Waals surface area (Å²) in [5.74, 6) is -0.369. The molecule has 7 heteroatoms. The Hall–Kier alpha value is -2.48. The van der Waals surface area contributed by atoms with Crippen molar-refractivity contribution >= 4 is 28.7 Å². The summed E-state index contributed by atoms with van der Waals surface area (Å²) < 4.78 is 5.40. The number of carbonyl (C=O) groups excluding carboxylic acids is 2. The number of carbonyl (C=O) groups is 2. The largest absolute Gasteiger partial charge is 0.379 e. The summed E-state index contributed by atoms with van der Waals surface area (Å²) in [6, 6.07) is 13.9. The van der Waals surface area contributed by atoms with Crippen molar-refractivity contribution in [1.29, 1.82) is 0 Å². The summed E-state index contributed by atoms with van der Waals surface area (Å²) in [5.41, 5.74) is 2.18. The summed E-state index contributed by atoms with van der Waals surface area (Å²) in [6.45, 7) is 7.42. The predicted molar refractivity (Wildman–Crippen MR) is 118 cm³/mol. The molecule has 0 N–H and O–H groups in total. The molecular weight excluding hydrogens is 398 g/mol. The molecule has 2 aromatic rings. The number of hydrogen-bond acceptors (Lipinski definition) is 6. The molecule has 2 aliphatic rings. The Morgan fingerprint density at radius 1 is 1.00 bits per heavy atom. The minimum atomic E-state index is -0.186. The third-order valence-corrected chi connectivity index (χ3v) is 6.46. The van der Waals surface area contributed by atoms with Crippen LogP contribution in [0.4, 0.5) is 0 Å². The maximum atomic E-state index is 13.5. The van der Waals surface area contributed by atoms with Crippen molar-refractivity contribution in [3.63, 3.8) is 0 Å². The van der Waals surface area contributed by atoms with E-state index < -0.39 is 0 Å². The highest BCUT2D eigenvalue weighted by atomic mass is 32.1. The summed E-state index contributed by atoms with van der Waals surface area (Å²) in [6.07, 6.45) is 0. The van der Waals surface area contributed by atoms with Gasteiger partial charge in [-0.3, -0.25) is 19.4 Å². The highest BCUT2D eigenvalue weighted by Gasteiger charge is 2.41. The molecular formula is C23H27N3O3S. The fourth-order valence-electron chi connectivity index (χ4n) is 3.92. The van der Waals surface area contributed by atoms with Crippen molar-refractivity contribution in [2.45, 2.75) is 13.5 Å². The van der Waals surface area contributed by atoms with E-state index in [1.54, 1.807) is 0 Å². The van der Waals surface area contributed by atoms with Crippen LogP contribution in [0.2, 0.25) is 0 Å². The predicted octanol–water partition coefficient (Wildman–Crippen LogP) is 2.68. The Kier molecular flexibility index (Phi) is 6.62. The number of morpholine rings is 1. The van der Waals surface area contributed by atoms with Crippen LogP contribution in [0.15, 0.2) is 53.5 Å². The smallest absolute Gasteiger partial charge is 0.277 e. The van der Waals surface area contributed by atoms with Crippen LogP contribution in [-0.2, 0) is 20.9 Å². The number of benzene rings is 1. The molecule has 3 heterocycles. The number of hydrogen-bond donors (Lipinski definition) is 0. The summed E-state index contributed by atoms with van der Waals surface area (Å²) in [5, 5.41) is 1.95. The minimum Gasteiger partial charge on any atom is -0.379 e. The summed E-state index contributed by atoms with van der Waals surface area (Å²) in [7, 11) is 0. The van der Waals surface area contributed by atoms with Gasteiger partial charge in [0.05, 0.1) is 18.8 Å². The first-order chi connectivity index (χ1) is 14.7. The number of imide groups is 1. The molecule has 2 amide bonds. The van der Waals surface area contributed by atoms with Gasteiger partial charge in [0.15, 0.2) is 0 Å². The highest BCUT2D eigenvalue weighted by Crippen LogP contribution is 2.34. The van der Waals surface area contributed by atoms with Crippen LogP contribution < -0.4 is 0 Å². The SMILES string of the molecule is CCN(Cc1ccccc1)C1=C(c2cccs2)C(=O)N(CCN2CCOCC2)C1=O. The second kappa shape index (κ2) is 9.55. The topological polar surface area (TPSA) is 53.1 Å². The average molecular weight is 426 g/mol.